The van der Waals surface area contributed by atoms with Crippen LogP contribution < -0.4 is 10.5 Å². The lowest BCUT2D eigenvalue weighted by molar-refractivity contribution is 0.0998. The zero-order valence-electron chi connectivity index (χ0n) is 9.51. The van der Waals surface area contributed by atoms with Crippen molar-refractivity contribution in [1.29, 1.82) is 0 Å². The number of amides is 1. The molecule has 2 aromatic carbocycles. The van der Waals surface area contributed by atoms with Crippen molar-refractivity contribution < 1.29 is 9.53 Å². The van der Waals surface area contributed by atoms with Crippen LogP contribution in [0, 0.1) is 0 Å². The number of methoxy groups -OCH3 is 1. The lowest BCUT2D eigenvalue weighted by Gasteiger charge is -2.11. The van der Waals surface area contributed by atoms with Gasteiger partial charge in [0.05, 0.1) is 12.7 Å². The third kappa shape index (κ3) is 2.13. The SMILES string of the molecule is COc1cccc(-c2ccccc2)c1C(N)=O. The molecule has 0 bridgehead atoms. The largest absolute Gasteiger partial charge is 0.496 e. The Balaban J connectivity index is 2.66. The fourth-order valence-corrected chi connectivity index (χ4v) is 1.81. The predicted octanol–water partition coefficient (Wildman–Crippen LogP) is 2.46. The summed E-state index contributed by atoms with van der Waals surface area (Å²) in [5.74, 6) is 0.0140. The molecule has 0 unspecified atom stereocenters. The second kappa shape index (κ2) is 4.70. The summed E-state index contributed by atoms with van der Waals surface area (Å²) in [6, 6.07) is 15.0. The van der Waals surface area contributed by atoms with E-state index in [1.165, 1.54) is 7.11 Å². The third-order valence-corrected chi connectivity index (χ3v) is 2.58. The molecule has 2 rings (SSSR count). The van der Waals surface area contributed by atoms with Crippen LogP contribution in [0.2, 0.25) is 0 Å². The van der Waals surface area contributed by atoms with Crippen LogP contribution in [0.5, 0.6) is 5.75 Å². The van der Waals surface area contributed by atoms with Crippen molar-refractivity contribution in [2.75, 3.05) is 7.11 Å². The highest BCUT2D eigenvalue weighted by molar-refractivity contribution is 6.02. The van der Waals surface area contributed by atoms with Gasteiger partial charge in [0, 0.05) is 0 Å². The Labute approximate surface area is 99.8 Å². The first kappa shape index (κ1) is 11.2. The molecular formula is C14H13NO2. The second-order valence-corrected chi connectivity index (χ2v) is 3.61. The summed E-state index contributed by atoms with van der Waals surface area (Å²) in [5, 5.41) is 0. The molecule has 3 nitrogen and oxygen atoms in total. The Kier molecular flexibility index (Phi) is 3.10. The number of rotatable bonds is 3. The van der Waals surface area contributed by atoms with Crippen LogP contribution >= 0.6 is 0 Å². The summed E-state index contributed by atoms with van der Waals surface area (Å²) in [4.78, 5) is 11.5. The van der Waals surface area contributed by atoms with Crippen LogP contribution in [0.15, 0.2) is 48.5 Å². The van der Waals surface area contributed by atoms with E-state index in [0.29, 0.717) is 11.3 Å². The number of hydrogen-bond donors (Lipinski definition) is 1. The molecule has 0 aromatic heterocycles. The maximum Gasteiger partial charge on any atom is 0.253 e. The van der Waals surface area contributed by atoms with E-state index in [2.05, 4.69) is 0 Å². The molecule has 0 radical (unpaired) electrons. The summed E-state index contributed by atoms with van der Waals surface area (Å²) in [6.45, 7) is 0. The van der Waals surface area contributed by atoms with Gasteiger partial charge in [0.2, 0.25) is 0 Å². The lowest BCUT2D eigenvalue weighted by atomic mass is 9.98. The van der Waals surface area contributed by atoms with E-state index in [-0.39, 0.29) is 0 Å². The number of ether oxygens (including phenoxy) is 1. The van der Waals surface area contributed by atoms with Crippen LogP contribution in [0.1, 0.15) is 10.4 Å². The number of primary amides is 1. The first-order valence-electron chi connectivity index (χ1n) is 5.26. The van der Waals surface area contributed by atoms with Crippen LogP contribution in [0.4, 0.5) is 0 Å². The minimum atomic E-state index is -0.485. The average molecular weight is 227 g/mol. The summed E-state index contributed by atoms with van der Waals surface area (Å²) in [7, 11) is 1.52. The zero-order valence-corrected chi connectivity index (χ0v) is 9.51. The topological polar surface area (TPSA) is 52.3 Å². The fourth-order valence-electron chi connectivity index (χ4n) is 1.81. The molecular weight excluding hydrogens is 214 g/mol. The monoisotopic (exact) mass is 227 g/mol. The molecule has 0 fully saturated rings. The smallest absolute Gasteiger partial charge is 0.253 e. The average Bonchev–Trinajstić information content (AvgIpc) is 2.38. The van der Waals surface area contributed by atoms with Gasteiger partial charge in [-0.15, -0.1) is 0 Å². The van der Waals surface area contributed by atoms with Crippen LogP contribution in [0.25, 0.3) is 11.1 Å². The molecule has 1 amide bonds. The van der Waals surface area contributed by atoms with Crippen molar-refractivity contribution in [3.63, 3.8) is 0 Å². The summed E-state index contributed by atoms with van der Waals surface area (Å²) in [6.07, 6.45) is 0. The third-order valence-electron chi connectivity index (χ3n) is 2.58. The van der Waals surface area contributed by atoms with Gasteiger partial charge in [-0.05, 0) is 17.2 Å². The summed E-state index contributed by atoms with van der Waals surface area (Å²) < 4.78 is 5.17. The minimum absolute atomic E-state index is 0.418. The van der Waals surface area contributed by atoms with Crippen molar-refractivity contribution in [2.24, 2.45) is 5.73 Å². The normalized spacial score (nSPS) is 9.94. The van der Waals surface area contributed by atoms with Gasteiger partial charge in [-0.2, -0.15) is 0 Å². The summed E-state index contributed by atoms with van der Waals surface area (Å²) in [5.41, 5.74) is 7.56. The first-order chi connectivity index (χ1) is 8.24. The molecule has 0 saturated heterocycles. The first-order valence-corrected chi connectivity index (χ1v) is 5.26. The molecule has 0 aliphatic heterocycles. The molecule has 0 atom stereocenters. The summed E-state index contributed by atoms with van der Waals surface area (Å²) >= 11 is 0. The molecule has 3 heteroatoms. The van der Waals surface area contributed by atoms with E-state index in [0.717, 1.165) is 11.1 Å². The van der Waals surface area contributed by atoms with Gasteiger partial charge in [-0.1, -0.05) is 42.5 Å². The Morgan fingerprint density at radius 3 is 2.35 bits per heavy atom. The fraction of sp³-hybridized carbons (Fsp3) is 0.0714. The maximum absolute atomic E-state index is 11.5. The molecule has 0 aliphatic carbocycles. The van der Waals surface area contributed by atoms with E-state index in [1.54, 1.807) is 6.07 Å². The molecule has 0 heterocycles. The van der Waals surface area contributed by atoms with Crippen LogP contribution in [0.3, 0.4) is 0 Å². The van der Waals surface area contributed by atoms with E-state index in [1.807, 2.05) is 42.5 Å². The number of benzene rings is 2. The second-order valence-electron chi connectivity index (χ2n) is 3.61. The molecule has 0 aliphatic rings. The van der Waals surface area contributed by atoms with Crippen LogP contribution in [-0.4, -0.2) is 13.0 Å². The van der Waals surface area contributed by atoms with E-state index < -0.39 is 5.91 Å². The highest BCUT2D eigenvalue weighted by Crippen LogP contribution is 2.29. The Morgan fingerprint density at radius 1 is 1.06 bits per heavy atom. The van der Waals surface area contributed by atoms with E-state index in [4.69, 9.17) is 10.5 Å². The molecule has 0 saturated carbocycles. The Hall–Kier alpha value is -2.29. The van der Waals surface area contributed by atoms with Crippen molar-refractivity contribution in [3.05, 3.63) is 54.1 Å². The van der Waals surface area contributed by atoms with Gasteiger partial charge in [0.1, 0.15) is 5.75 Å². The van der Waals surface area contributed by atoms with Gasteiger partial charge in [-0.25, -0.2) is 0 Å². The minimum Gasteiger partial charge on any atom is -0.496 e. The number of carbonyl (C=O) groups excluding carboxylic acids is 1. The van der Waals surface area contributed by atoms with Gasteiger partial charge >= 0.3 is 0 Å². The lowest BCUT2D eigenvalue weighted by Crippen LogP contribution is -2.14. The van der Waals surface area contributed by atoms with Crippen molar-refractivity contribution in [2.45, 2.75) is 0 Å². The molecule has 2 aromatic rings. The van der Waals surface area contributed by atoms with Crippen molar-refractivity contribution in [1.82, 2.24) is 0 Å². The van der Waals surface area contributed by atoms with E-state index in [9.17, 15) is 4.79 Å². The highest BCUT2D eigenvalue weighted by atomic mass is 16.5. The van der Waals surface area contributed by atoms with Gasteiger partial charge < -0.3 is 10.5 Å². The molecule has 2 N–H and O–H groups in total. The van der Waals surface area contributed by atoms with Crippen molar-refractivity contribution >= 4 is 5.91 Å². The Morgan fingerprint density at radius 2 is 1.76 bits per heavy atom. The quantitative estimate of drug-likeness (QED) is 0.875. The highest BCUT2D eigenvalue weighted by Gasteiger charge is 2.15. The standard InChI is InChI=1S/C14H13NO2/c1-17-12-9-5-8-11(13(12)14(15)16)10-6-3-2-4-7-10/h2-9H,1H3,(H2,15,16). The number of hydrogen-bond acceptors (Lipinski definition) is 2. The van der Waals surface area contributed by atoms with Gasteiger partial charge in [0.15, 0.2) is 0 Å². The van der Waals surface area contributed by atoms with Gasteiger partial charge in [-0.3, -0.25) is 4.79 Å². The van der Waals surface area contributed by atoms with E-state index >= 15 is 0 Å². The van der Waals surface area contributed by atoms with Crippen molar-refractivity contribution in [3.8, 4) is 16.9 Å². The Bertz CT molecular complexity index is 535. The molecule has 0 spiro atoms. The van der Waals surface area contributed by atoms with Crippen LogP contribution in [-0.2, 0) is 0 Å². The maximum atomic E-state index is 11.5. The predicted molar refractivity (Wildman–Crippen MR) is 66.9 cm³/mol. The molecule has 86 valence electrons. The number of nitrogens with two attached hydrogens (primary N) is 1. The van der Waals surface area contributed by atoms with Gasteiger partial charge in [0.25, 0.3) is 5.91 Å². The molecule has 17 heavy (non-hydrogen) atoms. The number of carbonyl (C=O) groups is 1. The zero-order chi connectivity index (χ0) is 12.3.